The number of nitrogens with one attached hydrogen (secondary N) is 2. The molecule has 0 aliphatic carbocycles. The van der Waals surface area contributed by atoms with E-state index in [0.717, 1.165) is 44.8 Å². The molecule has 0 radical (unpaired) electrons. The Morgan fingerprint density at radius 1 is 1.00 bits per heavy atom. The van der Waals surface area contributed by atoms with Crippen molar-refractivity contribution in [2.75, 3.05) is 24.6 Å². The highest BCUT2D eigenvalue weighted by Crippen LogP contribution is 2.35. The second kappa shape index (κ2) is 12.7. The Labute approximate surface area is 222 Å². The Hall–Kier alpha value is -3.11. The second-order valence-corrected chi connectivity index (χ2v) is 10.2. The lowest BCUT2D eigenvalue weighted by Crippen LogP contribution is -2.32. The summed E-state index contributed by atoms with van der Waals surface area (Å²) >= 11 is 4.43. The van der Waals surface area contributed by atoms with Crippen molar-refractivity contribution >= 4 is 38.0 Å². The number of aliphatic hydroxyl groups is 1. The van der Waals surface area contributed by atoms with E-state index in [1.54, 1.807) is 0 Å². The molecule has 0 bridgehead atoms. The molecule has 0 saturated carbocycles. The molecule has 0 amide bonds. The van der Waals surface area contributed by atoms with Crippen LogP contribution in [0.5, 0.6) is 11.6 Å². The molecular weight excluding hydrogens is 542 g/mol. The molecule has 3 aromatic carbocycles. The number of aliphatic hydroxyl groups excluding tert-OH is 1. The minimum absolute atomic E-state index is 0.134. The molecular formula is C27H28BrN3O4S. The molecule has 188 valence electrons. The molecule has 1 heterocycles. The van der Waals surface area contributed by atoms with Crippen molar-refractivity contribution in [1.82, 2.24) is 10.3 Å². The van der Waals surface area contributed by atoms with E-state index in [0.29, 0.717) is 24.6 Å². The maximum atomic E-state index is 11.8. The van der Waals surface area contributed by atoms with Gasteiger partial charge in [0.25, 0.3) is 0 Å². The van der Waals surface area contributed by atoms with E-state index >= 15 is 0 Å². The van der Waals surface area contributed by atoms with E-state index in [-0.39, 0.29) is 17.4 Å². The lowest BCUT2D eigenvalue weighted by atomic mass is 10.1. The van der Waals surface area contributed by atoms with Gasteiger partial charge in [0.15, 0.2) is 5.00 Å². The van der Waals surface area contributed by atoms with Gasteiger partial charge in [-0.25, -0.2) is 0 Å². The predicted octanol–water partition coefficient (Wildman–Crippen LogP) is 4.81. The predicted molar refractivity (Wildman–Crippen MR) is 148 cm³/mol. The zero-order chi connectivity index (χ0) is 25.3. The summed E-state index contributed by atoms with van der Waals surface area (Å²) in [4.78, 5) is 15.9. The molecule has 36 heavy (non-hydrogen) atoms. The largest absolute Gasteiger partial charge is 0.492 e. The van der Waals surface area contributed by atoms with Crippen LogP contribution < -0.4 is 19.8 Å². The zero-order valence-corrected chi connectivity index (χ0v) is 22.0. The first kappa shape index (κ1) is 26.0. The molecule has 1 aromatic heterocycles. The fourth-order valence-corrected chi connectivity index (χ4v) is 4.67. The Bertz CT molecular complexity index is 1280. The van der Waals surface area contributed by atoms with Gasteiger partial charge in [-0.3, -0.25) is 9.78 Å². The number of thiazole rings is 1. The van der Waals surface area contributed by atoms with Gasteiger partial charge in [-0.15, -0.1) is 0 Å². The number of anilines is 2. The van der Waals surface area contributed by atoms with Crippen LogP contribution in [0.2, 0.25) is 0 Å². The van der Waals surface area contributed by atoms with Gasteiger partial charge < -0.3 is 25.2 Å². The summed E-state index contributed by atoms with van der Waals surface area (Å²) in [7, 11) is 0. The molecule has 0 saturated heterocycles. The first-order valence-electron chi connectivity index (χ1n) is 11.6. The van der Waals surface area contributed by atoms with Crippen LogP contribution >= 0.6 is 27.3 Å². The van der Waals surface area contributed by atoms with Gasteiger partial charge in [0.05, 0.1) is 0 Å². The minimum Gasteiger partial charge on any atom is -0.492 e. The quantitative estimate of drug-likeness (QED) is 0.183. The van der Waals surface area contributed by atoms with Gasteiger partial charge in [0, 0.05) is 23.2 Å². The normalized spacial score (nSPS) is 11.8. The summed E-state index contributed by atoms with van der Waals surface area (Å²) < 4.78 is 6.56. The van der Waals surface area contributed by atoms with Crippen molar-refractivity contribution in [1.29, 1.82) is 0 Å². The average Bonchev–Trinajstić information content (AvgIpc) is 3.23. The SMILES string of the molecule is O=c1[nH]c(O)c(N(Cc2ccc(Br)cc2)c2ccc(CCNC[C@H](O)COc3ccccc3)cc2)s1. The Balaban J connectivity index is 1.32. The number of H-pyrrole nitrogens is 1. The van der Waals surface area contributed by atoms with Gasteiger partial charge >= 0.3 is 4.87 Å². The summed E-state index contributed by atoms with van der Waals surface area (Å²) in [6.45, 7) is 1.89. The first-order valence-corrected chi connectivity index (χ1v) is 13.2. The van der Waals surface area contributed by atoms with Gasteiger partial charge in [-0.2, -0.15) is 0 Å². The van der Waals surface area contributed by atoms with Crippen molar-refractivity contribution in [3.63, 3.8) is 0 Å². The standard InChI is InChI=1S/C27H28BrN3O4S/c28-21-10-6-20(7-11-21)17-31(26-25(33)30-27(34)36-26)22-12-8-19(9-13-22)14-15-29-16-23(32)18-35-24-4-2-1-3-5-24/h1-13,23,29,32-33H,14-18H2,(H,30,34)/t23-/m0/s1. The fraction of sp³-hybridized carbons (Fsp3) is 0.222. The van der Waals surface area contributed by atoms with Crippen LogP contribution in [0.1, 0.15) is 11.1 Å². The van der Waals surface area contributed by atoms with Crippen LogP contribution in [-0.2, 0) is 13.0 Å². The highest BCUT2D eigenvalue weighted by atomic mass is 79.9. The highest BCUT2D eigenvalue weighted by molar-refractivity contribution is 9.10. The van der Waals surface area contributed by atoms with E-state index in [2.05, 4.69) is 26.2 Å². The van der Waals surface area contributed by atoms with Crippen LogP contribution in [-0.4, -0.2) is 41.0 Å². The monoisotopic (exact) mass is 569 g/mol. The number of aromatic nitrogens is 1. The molecule has 0 aliphatic heterocycles. The molecule has 0 aliphatic rings. The Morgan fingerprint density at radius 3 is 2.36 bits per heavy atom. The number of para-hydroxylation sites is 1. The third-order valence-corrected chi connectivity index (χ3v) is 6.94. The number of halogens is 1. The number of ether oxygens (including phenoxy) is 1. The van der Waals surface area contributed by atoms with Crippen molar-refractivity contribution < 1.29 is 14.9 Å². The Morgan fingerprint density at radius 2 is 1.69 bits per heavy atom. The van der Waals surface area contributed by atoms with E-state index in [4.69, 9.17) is 4.74 Å². The molecule has 9 heteroatoms. The third-order valence-electron chi connectivity index (χ3n) is 5.52. The van der Waals surface area contributed by atoms with Crippen molar-refractivity contribution in [3.05, 3.63) is 104 Å². The molecule has 1 atom stereocenters. The zero-order valence-electron chi connectivity index (χ0n) is 19.6. The van der Waals surface area contributed by atoms with E-state index in [1.165, 1.54) is 0 Å². The number of hydrogen-bond donors (Lipinski definition) is 4. The third kappa shape index (κ3) is 7.44. The fourth-order valence-electron chi connectivity index (χ4n) is 3.66. The Kier molecular flexibility index (Phi) is 9.18. The maximum absolute atomic E-state index is 11.8. The summed E-state index contributed by atoms with van der Waals surface area (Å²) in [6, 6.07) is 25.4. The average molecular weight is 571 g/mol. The molecule has 7 nitrogen and oxygen atoms in total. The molecule has 0 fully saturated rings. The second-order valence-electron chi connectivity index (χ2n) is 8.28. The van der Waals surface area contributed by atoms with E-state index in [9.17, 15) is 15.0 Å². The summed E-state index contributed by atoms with van der Waals surface area (Å²) in [5.74, 6) is 0.608. The summed E-state index contributed by atoms with van der Waals surface area (Å²) in [5.41, 5.74) is 3.05. The summed E-state index contributed by atoms with van der Waals surface area (Å²) in [6.07, 6.45) is 0.197. The van der Waals surface area contributed by atoms with Crippen molar-refractivity contribution in [2.24, 2.45) is 0 Å². The number of aromatic hydroxyl groups is 1. The van der Waals surface area contributed by atoms with Gasteiger partial charge in [0.1, 0.15) is 18.5 Å². The number of nitrogens with zero attached hydrogens (tertiary/aromatic N) is 1. The van der Waals surface area contributed by atoms with Gasteiger partial charge in [-0.05, 0) is 60.5 Å². The lowest BCUT2D eigenvalue weighted by molar-refractivity contribution is 0.106. The summed E-state index contributed by atoms with van der Waals surface area (Å²) in [5, 5.41) is 24.2. The molecule has 0 spiro atoms. The minimum atomic E-state index is -0.596. The number of benzene rings is 3. The van der Waals surface area contributed by atoms with Crippen LogP contribution in [0.25, 0.3) is 0 Å². The maximum Gasteiger partial charge on any atom is 0.309 e. The smallest absolute Gasteiger partial charge is 0.309 e. The van der Waals surface area contributed by atoms with Gasteiger partial charge in [-0.1, -0.05) is 69.7 Å². The van der Waals surface area contributed by atoms with Crippen LogP contribution in [0.4, 0.5) is 10.7 Å². The molecule has 0 unspecified atom stereocenters. The molecule has 4 N–H and O–H groups in total. The van der Waals surface area contributed by atoms with Crippen LogP contribution in [0.15, 0.2) is 88.1 Å². The van der Waals surface area contributed by atoms with Crippen LogP contribution in [0, 0.1) is 0 Å². The van der Waals surface area contributed by atoms with E-state index < -0.39 is 6.10 Å². The number of rotatable bonds is 12. The van der Waals surface area contributed by atoms with Gasteiger partial charge in [0.2, 0.25) is 5.88 Å². The van der Waals surface area contributed by atoms with E-state index in [1.807, 2.05) is 83.8 Å². The first-order chi connectivity index (χ1) is 17.5. The lowest BCUT2D eigenvalue weighted by Gasteiger charge is -2.23. The van der Waals surface area contributed by atoms with Crippen molar-refractivity contribution in [2.45, 2.75) is 19.1 Å². The molecule has 4 rings (SSSR count). The highest BCUT2D eigenvalue weighted by Gasteiger charge is 2.18. The molecule has 4 aromatic rings. The number of aromatic amines is 1. The topological polar surface area (TPSA) is 97.8 Å². The number of hydrogen-bond acceptors (Lipinski definition) is 7. The van der Waals surface area contributed by atoms with Crippen LogP contribution in [0.3, 0.4) is 0 Å². The van der Waals surface area contributed by atoms with Crippen molar-refractivity contribution in [3.8, 4) is 11.6 Å².